The Bertz CT molecular complexity index is 847. The van der Waals surface area contributed by atoms with Gasteiger partial charge in [-0.3, -0.25) is 9.59 Å². The molecule has 0 aliphatic heterocycles. The molecule has 4 N–H and O–H groups in total. The fourth-order valence-electron chi connectivity index (χ4n) is 2.64. The molecular weight excluding hydrogens is 304 g/mol. The predicted molar refractivity (Wildman–Crippen MR) is 75.7 cm³/mol. The van der Waals surface area contributed by atoms with Crippen LogP contribution in [-0.2, 0) is 5.60 Å². The van der Waals surface area contributed by atoms with Gasteiger partial charge in [-0.1, -0.05) is 24.3 Å². The minimum Gasteiger partial charge on any atom is -0.504 e. The highest BCUT2D eigenvalue weighted by molar-refractivity contribution is 6.32. The topological polar surface area (TPSA) is 132 Å². The Morgan fingerprint density at radius 2 is 1.48 bits per heavy atom. The van der Waals surface area contributed by atoms with Gasteiger partial charge in [-0.05, 0) is 12.1 Å². The van der Waals surface area contributed by atoms with E-state index in [0.717, 1.165) is 12.1 Å². The van der Waals surface area contributed by atoms with E-state index in [1.165, 1.54) is 24.3 Å². The molecule has 1 aliphatic carbocycles. The first-order valence-electron chi connectivity index (χ1n) is 6.49. The Morgan fingerprint density at radius 1 is 0.957 bits per heavy atom. The Kier molecular flexibility index (Phi) is 2.98. The van der Waals surface area contributed by atoms with E-state index in [0.29, 0.717) is 0 Å². The summed E-state index contributed by atoms with van der Waals surface area (Å²) >= 11 is 0. The number of carbonyl (C=O) groups is 3. The van der Waals surface area contributed by atoms with Gasteiger partial charge in [0.15, 0.2) is 11.5 Å². The summed E-state index contributed by atoms with van der Waals surface area (Å²) in [6.07, 6.45) is 0. The number of fused-ring (bicyclic) bond motifs is 1. The minimum absolute atomic E-state index is 0.0420. The summed E-state index contributed by atoms with van der Waals surface area (Å²) in [6, 6.07) is 7.22. The SMILES string of the molecule is O=C(O)c1cc(O)c(O)c(C2(O)C(=O)c3ccccc3C2=O)c1. The van der Waals surface area contributed by atoms with Gasteiger partial charge in [-0.15, -0.1) is 0 Å². The molecule has 23 heavy (non-hydrogen) atoms. The number of benzene rings is 2. The molecule has 0 aromatic heterocycles. The van der Waals surface area contributed by atoms with E-state index in [1.54, 1.807) is 0 Å². The Hall–Kier alpha value is -3.19. The van der Waals surface area contributed by atoms with E-state index >= 15 is 0 Å². The first-order chi connectivity index (χ1) is 10.8. The fourth-order valence-corrected chi connectivity index (χ4v) is 2.64. The summed E-state index contributed by atoms with van der Waals surface area (Å²) in [5, 5.41) is 39.3. The van der Waals surface area contributed by atoms with Gasteiger partial charge in [-0.2, -0.15) is 0 Å². The van der Waals surface area contributed by atoms with Crippen LogP contribution in [0.3, 0.4) is 0 Å². The zero-order chi connectivity index (χ0) is 16.9. The van der Waals surface area contributed by atoms with Crippen molar-refractivity contribution in [1.29, 1.82) is 0 Å². The van der Waals surface area contributed by atoms with Crippen molar-refractivity contribution in [2.75, 3.05) is 0 Å². The van der Waals surface area contributed by atoms with Crippen LogP contribution in [0.1, 0.15) is 36.6 Å². The minimum atomic E-state index is -2.78. The number of hydrogen-bond acceptors (Lipinski definition) is 6. The first kappa shape index (κ1) is 14.7. The van der Waals surface area contributed by atoms with Crippen molar-refractivity contribution in [3.05, 3.63) is 58.7 Å². The molecule has 3 rings (SSSR count). The Labute approximate surface area is 129 Å². The van der Waals surface area contributed by atoms with Crippen LogP contribution in [0.25, 0.3) is 0 Å². The maximum absolute atomic E-state index is 12.5. The molecule has 116 valence electrons. The summed E-state index contributed by atoms with van der Waals surface area (Å²) in [5.41, 5.74) is -4.02. The van der Waals surface area contributed by atoms with Gasteiger partial charge in [0.25, 0.3) is 0 Å². The molecule has 0 amide bonds. The zero-order valence-corrected chi connectivity index (χ0v) is 11.5. The predicted octanol–water partition coefficient (Wildman–Crippen LogP) is 1.06. The normalized spacial score (nSPS) is 15.5. The van der Waals surface area contributed by atoms with Crippen LogP contribution in [0.4, 0.5) is 0 Å². The number of carbonyl (C=O) groups excluding carboxylic acids is 2. The second-order valence-electron chi connectivity index (χ2n) is 5.11. The maximum Gasteiger partial charge on any atom is 0.335 e. The molecule has 0 heterocycles. The molecule has 0 unspecified atom stereocenters. The number of carboxylic acids is 1. The molecule has 7 nitrogen and oxygen atoms in total. The van der Waals surface area contributed by atoms with Crippen LogP contribution >= 0.6 is 0 Å². The van der Waals surface area contributed by atoms with E-state index in [1.807, 2.05) is 0 Å². The number of rotatable bonds is 2. The zero-order valence-electron chi connectivity index (χ0n) is 11.5. The van der Waals surface area contributed by atoms with Crippen LogP contribution in [-0.4, -0.2) is 38.0 Å². The van der Waals surface area contributed by atoms with Gasteiger partial charge < -0.3 is 20.4 Å². The van der Waals surface area contributed by atoms with Gasteiger partial charge in [0.1, 0.15) is 0 Å². The lowest BCUT2D eigenvalue weighted by Crippen LogP contribution is -2.38. The molecule has 0 fully saturated rings. The second-order valence-corrected chi connectivity index (χ2v) is 5.11. The van der Waals surface area contributed by atoms with Crippen molar-refractivity contribution in [1.82, 2.24) is 0 Å². The molecular formula is C16H10O7. The molecule has 2 aromatic carbocycles. The number of carboxylic acid groups (broad SMARTS) is 1. The summed E-state index contributed by atoms with van der Waals surface area (Å²) in [6.45, 7) is 0. The third kappa shape index (κ3) is 1.84. The number of aromatic hydroxyl groups is 2. The highest BCUT2D eigenvalue weighted by Crippen LogP contribution is 2.44. The summed E-state index contributed by atoms with van der Waals surface area (Å²) in [5.74, 6) is -5.22. The van der Waals surface area contributed by atoms with Crippen LogP contribution in [0, 0.1) is 0 Å². The third-order valence-corrected chi connectivity index (χ3v) is 3.80. The summed E-state index contributed by atoms with van der Waals surface area (Å²) in [4.78, 5) is 36.0. The molecule has 0 atom stereocenters. The number of phenols is 2. The largest absolute Gasteiger partial charge is 0.504 e. The fraction of sp³-hybridized carbons (Fsp3) is 0.0625. The monoisotopic (exact) mass is 314 g/mol. The molecule has 0 bridgehead atoms. The van der Waals surface area contributed by atoms with Gasteiger partial charge in [0.05, 0.1) is 5.56 Å². The average molecular weight is 314 g/mol. The van der Waals surface area contributed by atoms with Crippen molar-refractivity contribution in [3.8, 4) is 11.5 Å². The van der Waals surface area contributed by atoms with Crippen LogP contribution in [0.2, 0.25) is 0 Å². The van der Waals surface area contributed by atoms with E-state index in [9.17, 15) is 29.7 Å². The molecule has 2 aromatic rings. The quantitative estimate of drug-likeness (QED) is 0.481. The highest BCUT2D eigenvalue weighted by atomic mass is 16.4. The number of phenolic OH excluding ortho intramolecular Hbond substituents is 2. The smallest absolute Gasteiger partial charge is 0.335 e. The number of aromatic carboxylic acids is 1. The summed E-state index contributed by atoms with van der Waals surface area (Å²) < 4.78 is 0. The molecule has 1 aliphatic rings. The van der Waals surface area contributed by atoms with E-state index in [-0.39, 0.29) is 11.1 Å². The highest BCUT2D eigenvalue weighted by Gasteiger charge is 2.54. The van der Waals surface area contributed by atoms with Crippen molar-refractivity contribution in [3.63, 3.8) is 0 Å². The number of Topliss-reactive ketones (excluding diaryl/α,β-unsaturated/α-hetero) is 2. The lowest BCUT2D eigenvalue weighted by atomic mass is 9.86. The van der Waals surface area contributed by atoms with Gasteiger partial charge in [-0.25, -0.2) is 4.79 Å². The van der Waals surface area contributed by atoms with E-state index < -0.39 is 45.8 Å². The number of aliphatic hydroxyl groups is 1. The van der Waals surface area contributed by atoms with E-state index in [4.69, 9.17) is 5.11 Å². The van der Waals surface area contributed by atoms with Crippen LogP contribution < -0.4 is 0 Å². The molecule has 0 saturated heterocycles. The Balaban J connectivity index is 2.29. The van der Waals surface area contributed by atoms with Gasteiger partial charge in [0.2, 0.25) is 17.2 Å². The van der Waals surface area contributed by atoms with Gasteiger partial charge in [0, 0.05) is 16.7 Å². The lowest BCUT2D eigenvalue weighted by molar-refractivity contribution is 0.0310. The van der Waals surface area contributed by atoms with Crippen molar-refractivity contribution in [2.24, 2.45) is 0 Å². The lowest BCUT2D eigenvalue weighted by Gasteiger charge is -2.21. The van der Waals surface area contributed by atoms with Crippen LogP contribution in [0.5, 0.6) is 11.5 Å². The molecule has 0 saturated carbocycles. The maximum atomic E-state index is 12.5. The van der Waals surface area contributed by atoms with Crippen molar-refractivity contribution >= 4 is 17.5 Å². The van der Waals surface area contributed by atoms with Crippen molar-refractivity contribution in [2.45, 2.75) is 5.60 Å². The second kappa shape index (κ2) is 4.65. The van der Waals surface area contributed by atoms with Gasteiger partial charge >= 0.3 is 5.97 Å². The van der Waals surface area contributed by atoms with E-state index in [2.05, 4.69) is 0 Å². The standard InChI is InChI=1S/C16H10O7/c17-11-6-7(15(21)22)5-10(12(11)18)16(23)13(19)8-3-1-2-4-9(8)14(16)20/h1-6,17-18,23H,(H,21,22). The molecule has 0 spiro atoms. The van der Waals surface area contributed by atoms with Crippen LogP contribution in [0.15, 0.2) is 36.4 Å². The molecule has 7 heteroatoms. The third-order valence-electron chi connectivity index (χ3n) is 3.80. The number of ketones is 2. The molecule has 0 radical (unpaired) electrons. The Morgan fingerprint density at radius 3 is 1.96 bits per heavy atom. The number of hydrogen-bond donors (Lipinski definition) is 4. The first-order valence-corrected chi connectivity index (χ1v) is 6.49. The average Bonchev–Trinajstić information content (AvgIpc) is 2.72. The van der Waals surface area contributed by atoms with Crippen molar-refractivity contribution < 1.29 is 34.8 Å². The summed E-state index contributed by atoms with van der Waals surface area (Å²) in [7, 11) is 0.